The van der Waals surface area contributed by atoms with Gasteiger partial charge in [0.1, 0.15) is 23.9 Å². The standard InChI is InChI=1S/C28H30O8/c1-33-26(28(31)32)19-20-3-9-23(10-4-20)34-16-2-17-35-24-11-5-21(6-12-24)27(30)22-7-13-25(14-8-22)36-18-15-29/h3-14,26,29H,2,15-19H2,1H3,(H,31,32). The van der Waals surface area contributed by atoms with Crippen LogP contribution in [0.4, 0.5) is 0 Å². The van der Waals surface area contributed by atoms with Crippen molar-refractivity contribution in [1.82, 2.24) is 0 Å². The summed E-state index contributed by atoms with van der Waals surface area (Å²) < 4.78 is 21.7. The number of carboxylic acid groups (broad SMARTS) is 1. The molecule has 1 unspecified atom stereocenters. The average molecular weight is 495 g/mol. The fraction of sp³-hybridized carbons (Fsp3) is 0.286. The summed E-state index contributed by atoms with van der Waals surface area (Å²) in [6.07, 6.45) is 0.0834. The summed E-state index contributed by atoms with van der Waals surface area (Å²) in [5, 5.41) is 17.9. The highest BCUT2D eigenvalue weighted by Gasteiger charge is 2.16. The Morgan fingerprint density at radius 2 is 1.17 bits per heavy atom. The number of ketones is 1. The average Bonchev–Trinajstić information content (AvgIpc) is 2.91. The van der Waals surface area contributed by atoms with E-state index in [0.29, 0.717) is 48.0 Å². The van der Waals surface area contributed by atoms with Crippen LogP contribution in [0.5, 0.6) is 17.2 Å². The summed E-state index contributed by atoms with van der Waals surface area (Å²) in [6.45, 7) is 1.06. The van der Waals surface area contributed by atoms with Crippen LogP contribution in [0.1, 0.15) is 27.9 Å². The molecule has 3 aromatic rings. The van der Waals surface area contributed by atoms with Crippen molar-refractivity contribution < 1.29 is 38.7 Å². The number of hydrogen-bond acceptors (Lipinski definition) is 7. The Hall–Kier alpha value is -3.88. The third kappa shape index (κ3) is 8.11. The van der Waals surface area contributed by atoms with Crippen LogP contribution < -0.4 is 14.2 Å². The molecular formula is C28H30O8. The lowest BCUT2D eigenvalue weighted by Crippen LogP contribution is -2.24. The summed E-state index contributed by atoms with van der Waals surface area (Å²) in [6, 6.07) is 21.0. The lowest BCUT2D eigenvalue weighted by atomic mass is 10.0. The van der Waals surface area contributed by atoms with E-state index in [4.69, 9.17) is 29.2 Å². The van der Waals surface area contributed by atoms with Crippen molar-refractivity contribution in [2.75, 3.05) is 33.5 Å². The van der Waals surface area contributed by atoms with Crippen LogP contribution in [0.25, 0.3) is 0 Å². The molecule has 0 radical (unpaired) electrons. The van der Waals surface area contributed by atoms with Gasteiger partial charge in [-0.15, -0.1) is 0 Å². The van der Waals surface area contributed by atoms with Gasteiger partial charge in [0.2, 0.25) is 0 Å². The van der Waals surface area contributed by atoms with Gasteiger partial charge in [-0.3, -0.25) is 4.79 Å². The molecule has 36 heavy (non-hydrogen) atoms. The van der Waals surface area contributed by atoms with Crippen molar-refractivity contribution in [3.8, 4) is 17.2 Å². The highest BCUT2D eigenvalue weighted by molar-refractivity contribution is 6.09. The molecule has 1 atom stereocenters. The van der Waals surface area contributed by atoms with E-state index in [1.54, 1.807) is 60.7 Å². The van der Waals surface area contributed by atoms with Gasteiger partial charge in [-0.25, -0.2) is 4.79 Å². The molecule has 3 aromatic carbocycles. The molecule has 8 heteroatoms. The van der Waals surface area contributed by atoms with E-state index in [2.05, 4.69) is 0 Å². The van der Waals surface area contributed by atoms with Crippen LogP contribution in [-0.4, -0.2) is 61.6 Å². The van der Waals surface area contributed by atoms with E-state index in [1.807, 2.05) is 12.1 Å². The number of aliphatic carboxylic acids is 1. The third-order valence-electron chi connectivity index (χ3n) is 5.32. The van der Waals surface area contributed by atoms with Crippen LogP contribution in [-0.2, 0) is 16.0 Å². The van der Waals surface area contributed by atoms with Gasteiger partial charge in [0.25, 0.3) is 0 Å². The normalized spacial score (nSPS) is 11.5. The molecule has 0 spiro atoms. The van der Waals surface area contributed by atoms with Gasteiger partial charge < -0.3 is 29.2 Å². The number of rotatable bonds is 15. The van der Waals surface area contributed by atoms with Gasteiger partial charge in [-0.05, 0) is 66.2 Å². The Labute approximate surface area is 210 Å². The molecule has 3 rings (SSSR count). The minimum absolute atomic E-state index is 0.0660. The zero-order valence-electron chi connectivity index (χ0n) is 20.1. The summed E-state index contributed by atoms with van der Waals surface area (Å²) in [5.41, 5.74) is 1.95. The van der Waals surface area contributed by atoms with E-state index in [-0.39, 0.29) is 25.4 Å². The highest BCUT2D eigenvalue weighted by atomic mass is 16.5. The van der Waals surface area contributed by atoms with Crippen LogP contribution in [0.2, 0.25) is 0 Å². The van der Waals surface area contributed by atoms with E-state index >= 15 is 0 Å². The Morgan fingerprint density at radius 1 is 0.722 bits per heavy atom. The molecule has 0 aromatic heterocycles. The lowest BCUT2D eigenvalue weighted by Gasteiger charge is -2.11. The van der Waals surface area contributed by atoms with Gasteiger partial charge in [0.05, 0.1) is 19.8 Å². The SMILES string of the molecule is COC(Cc1ccc(OCCCOc2ccc(C(=O)c3ccc(OCCO)cc3)cc2)cc1)C(=O)O. The number of carbonyl (C=O) groups excluding carboxylic acids is 1. The molecule has 0 bridgehead atoms. The second kappa shape index (κ2) is 13.9. The lowest BCUT2D eigenvalue weighted by molar-refractivity contribution is -0.148. The molecule has 0 saturated heterocycles. The Bertz CT molecular complexity index is 1090. The summed E-state index contributed by atoms with van der Waals surface area (Å²) >= 11 is 0. The number of methoxy groups -OCH3 is 1. The van der Waals surface area contributed by atoms with E-state index in [1.165, 1.54) is 7.11 Å². The highest BCUT2D eigenvalue weighted by Crippen LogP contribution is 2.19. The molecule has 0 aliphatic carbocycles. The van der Waals surface area contributed by atoms with Gasteiger partial charge in [-0.2, -0.15) is 0 Å². The molecule has 0 fully saturated rings. The van der Waals surface area contributed by atoms with Crippen LogP contribution >= 0.6 is 0 Å². The van der Waals surface area contributed by atoms with Crippen LogP contribution in [0.3, 0.4) is 0 Å². The second-order valence-corrected chi connectivity index (χ2v) is 7.91. The molecule has 0 amide bonds. The van der Waals surface area contributed by atoms with Crippen LogP contribution in [0, 0.1) is 0 Å². The second-order valence-electron chi connectivity index (χ2n) is 7.91. The maximum absolute atomic E-state index is 12.7. The Balaban J connectivity index is 1.39. The van der Waals surface area contributed by atoms with Gasteiger partial charge in [-0.1, -0.05) is 12.1 Å². The van der Waals surface area contributed by atoms with Crippen molar-refractivity contribution >= 4 is 11.8 Å². The van der Waals surface area contributed by atoms with Crippen molar-refractivity contribution in [3.05, 3.63) is 89.5 Å². The third-order valence-corrected chi connectivity index (χ3v) is 5.32. The quantitative estimate of drug-likeness (QED) is 0.243. The molecule has 0 aliphatic rings. The van der Waals surface area contributed by atoms with Crippen LogP contribution in [0.15, 0.2) is 72.8 Å². The van der Waals surface area contributed by atoms with Crippen molar-refractivity contribution in [3.63, 3.8) is 0 Å². The molecular weight excluding hydrogens is 464 g/mol. The Kier molecular flexibility index (Phi) is 10.3. The van der Waals surface area contributed by atoms with E-state index < -0.39 is 12.1 Å². The zero-order valence-corrected chi connectivity index (χ0v) is 20.1. The number of hydrogen-bond donors (Lipinski definition) is 2. The van der Waals surface area contributed by atoms with Crippen molar-refractivity contribution in [2.45, 2.75) is 18.9 Å². The number of aliphatic hydroxyl groups excluding tert-OH is 1. The first-order chi connectivity index (χ1) is 17.5. The van der Waals surface area contributed by atoms with Crippen molar-refractivity contribution in [2.24, 2.45) is 0 Å². The predicted molar refractivity (Wildman–Crippen MR) is 133 cm³/mol. The summed E-state index contributed by atoms with van der Waals surface area (Å²) in [7, 11) is 1.38. The monoisotopic (exact) mass is 494 g/mol. The smallest absolute Gasteiger partial charge is 0.333 e. The minimum Gasteiger partial charge on any atom is -0.493 e. The Morgan fingerprint density at radius 3 is 1.58 bits per heavy atom. The van der Waals surface area contributed by atoms with Gasteiger partial charge >= 0.3 is 5.97 Å². The summed E-state index contributed by atoms with van der Waals surface area (Å²) in [5.74, 6) is 0.862. The zero-order chi connectivity index (χ0) is 25.8. The topological polar surface area (TPSA) is 112 Å². The number of carbonyl (C=O) groups is 2. The fourth-order valence-electron chi connectivity index (χ4n) is 3.38. The first-order valence-electron chi connectivity index (χ1n) is 11.6. The molecule has 2 N–H and O–H groups in total. The number of benzene rings is 3. The molecule has 0 heterocycles. The number of ether oxygens (including phenoxy) is 4. The molecule has 190 valence electrons. The van der Waals surface area contributed by atoms with Crippen molar-refractivity contribution in [1.29, 1.82) is 0 Å². The molecule has 8 nitrogen and oxygen atoms in total. The van der Waals surface area contributed by atoms with Gasteiger partial charge in [0.15, 0.2) is 11.9 Å². The molecule has 0 saturated carbocycles. The first kappa shape index (κ1) is 26.7. The largest absolute Gasteiger partial charge is 0.493 e. The number of carboxylic acids is 1. The predicted octanol–water partition coefficient (Wildman–Crippen LogP) is 3.78. The maximum Gasteiger partial charge on any atom is 0.333 e. The van der Waals surface area contributed by atoms with Gasteiger partial charge in [0, 0.05) is 31.1 Å². The fourth-order valence-corrected chi connectivity index (χ4v) is 3.38. The first-order valence-corrected chi connectivity index (χ1v) is 11.6. The number of aliphatic hydroxyl groups is 1. The molecule has 0 aliphatic heterocycles. The van der Waals surface area contributed by atoms with E-state index in [0.717, 1.165) is 5.56 Å². The van der Waals surface area contributed by atoms with E-state index in [9.17, 15) is 9.59 Å². The maximum atomic E-state index is 12.7. The minimum atomic E-state index is -0.991. The summed E-state index contributed by atoms with van der Waals surface area (Å²) in [4.78, 5) is 23.7.